The molecule has 0 aromatic heterocycles. The van der Waals surface area contributed by atoms with E-state index in [0.717, 1.165) is 16.6 Å². The van der Waals surface area contributed by atoms with E-state index < -0.39 is 17.3 Å². The van der Waals surface area contributed by atoms with Crippen LogP contribution in [0.3, 0.4) is 0 Å². The summed E-state index contributed by atoms with van der Waals surface area (Å²) in [6, 6.07) is 11.4. The van der Waals surface area contributed by atoms with Gasteiger partial charge in [0.05, 0.1) is 17.2 Å². The highest BCUT2D eigenvalue weighted by Gasteiger charge is 2.33. The molecule has 0 radical (unpaired) electrons. The molecule has 0 saturated carbocycles. The average molecular weight is 372 g/mol. The second-order valence-electron chi connectivity index (χ2n) is 3.87. The maximum atomic E-state index is 12.6. The van der Waals surface area contributed by atoms with Gasteiger partial charge < -0.3 is 4.74 Å². The number of halogens is 4. The molecule has 0 heterocycles. The van der Waals surface area contributed by atoms with Gasteiger partial charge in [-0.1, -0.05) is 29.8 Å². The third kappa shape index (κ3) is 4.78. The van der Waals surface area contributed by atoms with Gasteiger partial charge in [-0.2, -0.15) is 18.4 Å². The minimum atomic E-state index is -4.55. The molecule has 0 saturated heterocycles. The van der Waals surface area contributed by atoms with Crippen molar-refractivity contribution in [2.24, 2.45) is 0 Å². The molecule has 2 nitrogen and oxygen atoms in total. The van der Waals surface area contributed by atoms with E-state index >= 15 is 0 Å². The predicted molar refractivity (Wildman–Crippen MR) is 81.7 cm³/mol. The van der Waals surface area contributed by atoms with E-state index in [1.807, 2.05) is 13.8 Å². The molecular formula is C16H13BrF3NO. The van der Waals surface area contributed by atoms with Gasteiger partial charge in [0.15, 0.2) is 0 Å². The summed E-state index contributed by atoms with van der Waals surface area (Å²) in [5.41, 5.74) is -1.43. The van der Waals surface area contributed by atoms with E-state index in [9.17, 15) is 13.2 Å². The van der Waals surface area contributed by atoms with Gasteiger partial charge in [-0.15, -0.1) is 0 Å². The van der Waals surface area contributed by atoms with Crippen LogP contribution in [-0.2, 0) is 6.18 Å². The molecule has 2 aromatic rings. The third-order valence-electron chi connectivity index (χ3n) is 2.47. The summed E-state index contributed by atoms with van der Waals surface area (Å²) in [6.45, 7) is 4.00. The Morgan fingerprint density at radius 2 is 1.55 bits per heavy atom. The van der Waals surface area contributed by atoms with Crippen LogP contribution in [0, 0.1) is 11.3 Å². The van der Waals surface area contributed by atoms with Crippen LogP contribution >= 0.6 is 15.9 Å². The number of hydrogen-bond donors (Lipinski definition) is 0. The van der Waals surface area contributed by atoms with E-state index in [0.29, 0.717) is 5.75 Å². The fourth-order valence-electron chi connectivity index (χ4n) is 1.57. The number of alkyl halides is 3. The molecule has 0 fully saturated rings. The van der Waals surface area contributed by atoms with Crippen LogP contribution in [0.1, 0.15) is 25.0 Å². The molecule has 0 N–H and O–H groups in total. The fourth-order valence-corrected chi connectivity index (χ4v) is 1.83. The van der Waals surface area contributed by atoms with E-state index in [1.165, 1.54) is 12.1 Å². The van der Waals surface area contributed by atoms with Crippen molar-refractivity contribution in [3.63, 3.8) is 0 Å². The lowest BCUT2D eigenvalue weighted by atomic mass is 10.1. The third-order valence-corrected chi connectivity index (χ3v) is 2.99. The van der Waals surface area contributed by atoms with E-state index in [2.05, 4.69) is 15.9 Å². The van der Waals surface area contributed by atoms with Crippen LogP contribution in [0.15, 0.2) is 46.9 Å². The molecule has 0 spiro atoms. The summed E-state index contributed by atoms with van der Waals surface area (Å²) in [5, 5.41) is 8.80. The minimum Gasteiger partial charge on any atom is -0.457 e. The normalized spacial score (nSPS) is 10.2. The molecule has 116 valence electrons. The Hall–Kier alpha value is -2.00. The van der Waals surface area contributed by atoms with Gasteiger partial charge in [0.25, 0.3) is 0 Å². The van der Waals surface area contributed by atoms with E-state index in [4.69, 9.17) is 10.00 Å². The van der Waals surface area contributed by atoms with Gasteiger partial charge in [0.1, 0.15) is 11.5 Å². The molecular weight excluding hydrogens is 359 g/mol. The van der Waals surface area contributed by atoms with Crippen molar-refractivity contribution in [2.75, 3.05) is 0 Å². The maximum Gasteiger partial charge on any atom is 0.417 e. The zero-order valence-corrected chi connectivity index (χ0v) is 13.5. The second-order valence-corrected chi connectivity index (χ2v) is 4.79. The van der Waals surface area contributed by atoms with Crippen molar-refractivity contribution >= 4 is 15.9 Å². The molecule has 0 amide bonds. The molecule has 2 aromatic carbocycles. The van der Waals surface area contributed by atoms with Crippen LogP contribution in [0.4, 0.5) is 13.2 Å². The van der Waals surface area contributed by atoms with Gasteiger partial charge in [-0.05, 0) is 42.5 Å². The predicted octanol–water partition coefficient (Wildman–Crippen LogP) is 6.16. The lowest BCUT2D eigenvalue weighted by Gasteiger charge is -2.11. The second kappa shape index (κ2) is 7.85. The van der Waals surface area contributed by atoms with Crippen molar-refractivity contribution < 1.29 is 17.9 Å². The largest absolute Gasteiger partial charge is 0.457 e. The Bertz CT molecular complexity index is 661. The van der Waals surface area contributed by atoms with Crippen molar-refractivity contribution in [2.45, 2.75) is 20.0 Å². The molecule has 0 aliphatic carbocycles. The highest BCUT2D eigenvalue weighted by atomic mass is 79.9. The summed E-state index contributed by atoms with van der Waals surface area (Å²) in [4.78, 5) is 0. The van der Waals surface area contributed by atoms with Crippen LogP contribution in [0.2, 0.25) is 0 Å². The molecule has 0 atom stereocenters. The van der Waals surface area contributed by atoms with Gasteiger partial charge in [0.2, 0.25) is 0 Å². The summed E-state index contributed by atoms with van der Waals surface area (Å²) < 4.78 is 44.2. The minimum absolute atomic E-state index is 0.178. The van der Waals surface area contributed by atoms with E-state index in [1.54, 1.807) is 24.3 Å². The highest BCUT2D eigenvalue weighted by molar-refractivity contribution is 9.10. The molecule has 0 bridgehead atoms. The molecule has 0 aliphatic heterocycles. The molecule has 6 heteroatoms. The first-order valence-corrected chi connectivity index (χ1v) is 7.24. The average Bonchev–Trinajstić information content (AvgIpc) is 2.50. The molecule has 22 heavy (non-hydrogen) atoms. The van der Waals surface area contributed by atoms with Gasteiger partial charge in [-0.3, -0.25) is 0 Å². The number of rotatable bonds is 2. The first-order chi connectivity index (χ1) is 10.4. The standard InChI is InChI=1S/C14H7BrF3NO.C2H6/c15-10-1-3-11(4-2-10)20-12-5-6-13(14(16,17)18)9(7-12)8-19;1-2/h1-7H;1-2H3. The van der Waals surface area contributed by atoms with Crippen molar-refractivity contribution in [1.82, 2.24) is 0 Å². The van der Waals surface area contributed by atoms with Gasteiger partial charge >= 0.3 is 6.18 Å². The smallest absolute Gasteiger partial charge is 0.417 e. The molecule has 0 unspecified atom stereocenters. The Balaban J connectivity index is 0.00000116. The summed E-state index contributed by atoms with van der Waals surface area (Å²) >= 11 is 3.26. The summed E-state index contributed by atoms with van der Waals surface area (Å²) in [6.07, 6.45) is -4.55. The van der Waals surface area contributed by atoms with Crippen molar-refractivity contribution in [3.05, 3.63) is 58.1 Å². The lowest BCUT2D eigenvalue weighted by Crippen LogP contribution is -2.07. The van der Waals surface area contributed by atoms with Crippen molar-refractivity contribution in [1.29, 1.82) is 5.26 Å². The topological polar surface area (TPSA) is 33.0 Å². The fraction of sp³-hybridized carbons (Fsp3) is 0.188. The van der Waals surface area contributed by atoms with E-state index in [-0.39, 0.29) is 5.75 Å². The number of ether oxygens (including phenoxy) is 1. The van der Waals surface area contributed by atoms with Crippen LogP contribution in [-0.4, -0.2) is 0 Å². The quantitative estimate of drug-likeness (QED) is 0.633. The summed E-state index contributed by atoms with van der Waals surface area (Å²) in [5.74, 6) is 0.647. The van der Waals surface area contributed by atoms with Gasteiger partial charge in [0, 0.05) is 4.47 Å². The van der Waals surface area contributed by atoms with Crippen LogP contribution in [0.25, 0.3) is 0 Å². The van der Waals surface area contributed by atoms with Crippen molar-refractivity contribution in [3.8, 4) is 17.6 Å². The van der Waals surface area contributed by atoms with Crippen LogP contribution < -0.4 is 4.74 Å². The summed E-state index contributed by atoms with van der Waals surface area (Å²) in [7, 11) is 0. The number of hydrogen-bond acceptors (Lipinski definition) is 2. The maximum absolute atomic E-state index is 12.6. The lowest BCUT2D eigenvalue weighted by molar-refractivity contribution is -0.137. The van der Waals surface area contributed by atoms with Gasteiger partial charge in [-0.25, -0.2) is 0 Å². The number of benzene rings is 2. The monoisotopic (exact) mass is 371 g/mol. The first kappa shape index (κ1) is 18.1. The Kier molecular flexibility index (Phi) is 6.44. The Labute approximate surface area is 135 Å². The SMILES string of the molecule is CC.N#Cc1cc(Oc2ccc(Br)cc2)ccc1C(F)(F)F. The molecule has 2 rings (SSSR count). The highest BCUT2D eigenvalue weighted by Crippen LogP contribution is 2.34. The Morgan fingerprint density at radius 3 is 2.05 bits per heavy atom. The number of nitriles is 1. The zero-order valence-electron chi connectivity index (χ0n) is 11.9. The molecule has 0 aliphatic rings. The zero-order chi connectivity index (χ0) is 16.8. The van der Waals surface area contributed by atoms with Crippen LogP contribution in [0.5, 0.6) is 11.5 Å². The Morgan fingerprint density at radius 1 is 1.00 bits per heavy atom. The first-order valence-electron chi connectivity index (χ1n) is 6.45. The number of nitrogens with zero attached hydrogens (tertiary/aromatic N) is 1.